The van der Waals surface area contributed by atoms with E-state index in [-0.39, 0.29) is 11.0 Å². The Labute approximate surface area is 136 Å². The SMILES string of the molecule is CC[C@@H]([C@H](NCc1ccc(OC)cc1)c1ccccc1)[N+](=O)[O-]. The van der Waals surface area contributed by atoms with Crippen LogP contribution in [0.15, 0.2) is 54.6 Å². The molecule has 0 heterocycles. The molecule has 1 N–H and O–H groups in total. The van der Waals surface area contributed by atoms with Crippen LogP contribution in [0.2, 0.25) is 0 Å². The summed E-state index contributed by atoms with van der Waals surface area (Å²) in [5, 5.41) is 14.7. The van der Waals surface area contributed by atoms with Gasteiger partial charge in [0, 0.05) is 17.9 Å². The summed E-state index contributed by atoms with van der Waals surface area (Å²) in [5.74, 6) is 0.796. The van der Waals surface area contributed by atoms with Gasteiger partial charge >= 0.3 is 0 Å². The van der Waals surface area contributed by atoms with Gasteiger partial charge in [0.05, 0.1) is 7.11 Å². The fraction of sp³-hybridized carbons (Fsp3) is 0.333. The Hall–Kier alpha value is -2.40. The van der Waals surface area contributed by atoms with Crippen LogP contribution in [0.4, 0.5) is 0 Å². The predicted octanol–water partition coefficient (Wildman–Crippen LogP) is 3.58. The van der Waals surface area contributed by atoms with Crippen molar-refractivity contribution in [2.45, 2.75) is 32.0 Å². The number of nitro groups is 1. The van der Waals surface area contributed by atoms with Crippen molar-refractivity contribution in [1.29, 1.82) is 0 Å². The van der Waals surface area contributed by atoms with E-state index in [1.54, 1.807) is 7.11 Å². The average molecular weight is 314 g/mol. The fourth-order valence-electron chi connectivity index (χ4n) is 2.61. The Morgan fingerprint density at radius 3 is 2.30 bits per heavy atom. The van der Waals surface area contributed by atoms with Gasteiger partial charge in [0.1, 0.15) is 11.8 Å². The second-order valence-corrected chi connectivity index (χ2v) is 5.38. The van der Waals surface area contributed by atoms with Crippen molar-refractivity contribution < 1.29 is 9.66 Å². The Morgan fingerprint density at radius 1 is 1.13 bits per heavy atom. The third-order valence-corrected chi connectivity index (χ3v) is 3.92. The molecule has 2 aromatic rings. The number of nitrogens with one attached hydrogen (secondary N) is 1. The lowest BCUT2D eigenvalue weighted by atomic mass is 9.97. The number of ether oxygens (including phenoxy) is 1. The molecule has 0 aromatic heterocycles. The molecule has 0 spiro atoms. The number of nitrogens with zero attached hydrogens (tertiary/aromatic N) is 1. The molecule has 0 unspecified atom stereocenters. The lowest BCUT2D eigenvalue weighted by molar-refractivity contribution is -0.528. The molecule has 0 bridgehead atoms. The molecule has 122 valence electrons. The van der Waals surface area contributed by atoms with E-state index in [0.717, 1.165) is 16.9 Å². The maximum absolute atomic E-state index is 11.4. The van der Waals surface area contributed by atoms with Crippen molar-refractivity contribution in [2.75, 3.05) is 7.11 Å². The van der Waals surface area contributed by atoms with Gasteiger partial charge in [-0.05, 0) is 23.3 Å². The van der Waals surface area contributed by atoms with Crippen LogP contribution in [0.3, 0.4) is 0 Å². The van der Waals surface area contributed by atoms with Crippen LogP contribution >= 0.6 is 0 Å². The van der Waals surface area contributed by atoms with Crippen molar-refractivity contribution in [3.63, 3.8) is 0 Å². The number of rotatable bonds is 8. The zero-order valence-electron chi connectivity index (χ0n) is 13.4. The minimum Gasteiger partial charge on any atom is -0.497 e. The van der Waals surface area contributed by atoms with Crippen molar-refractivity contribution in [3.8, 4) is 5.75 Å². The zero-order chi connectivity index (χ0) is 16.7. The summed E-state index contributed by atoms with van der Waals surface area (Å²) in [4.78, 5) is 11.2. The van der Waals surface area contributed by atoms with Gasteiger partial charge < -0.3 is 10.1 Å². The van der Waals surface area contributed by atoms with E-state index in [0.29, 0.717) is 13.0 Å². The van der Waals surface area contributed by atoms with Crippen LogP contribution in [0.1, 0.15) is 30.5 Å². The second-order valence-electron chi connectivity index (χ2n) is 5.38. The van der Waals surface area contributed by atoms with Crippen LogP contribution in [-0.4, -0.2) is 18.1 Å². The highest BCUT2D eigenvalue weighted by molar-refractivity contribution is 5.27. The molecular weight excluding hydrogens is 292 g/mol. The van der Waals surface area contributed by atoms with Crippen LogP contribution < -0.4 is 10.1 Å². The smallest absolute Gasteiger partial charge is 0.232 e. The van der Waals surface area contributed by atoms with Crippen molar-refractivity contribution in [3.05, 3.63) is 75.8 Å². The Morgan fingerprint density at radius 2 is 1.78 bits per heavy atom. The molecule has 2 aromatic carbocycles. The standard InChI is InChI=1S/C18H22N2O3/c1-3-17(20(21)22)18(15-7-5-4-6-8-15)19-13-14-9-11-16(23-2)12-10-14/h4-12,17-19H,3,13H2,1-2H3/t17-,18+/m0/s1. The molecule has 0 saturated heterocycles. The molecule has 5 nitrogen and oxygen atoms in total. The number of methoxy groups -OCH3 is 1. The first-order chi connectivity index (χ1) is 11.2. The third-order valence-electron chi connectivity index (χ3n) is 3.92. The quantitative estimate of drug-likeness (QED) is 0.597. The summed E-state index contributed by atoms with van der Waals surface area (Å²) in [5.41, 5.74) is 1.99. The Balaban J connectivity index is 2.15. The molecular formula is C18H22N2O3. The highest BCUT2D eigenvalue weighted by atomic mass is 16.6. The molecule has 0 amide bonds. The minimum absolute atomic E-state index is 0.196. The zero-order valence-corrected chi connectivity index (χ0v) is 13.4. The largest absolute Gasteiger partial charge is 0.497 e. The monoisotopic (exact) mass is 314 g/mol. The van der Waals surface area contributed by atoms with E-state index in [9.17, 15) is 10.1 Å². The molecule has 23 heavy (non-hydrogen) atoms. The summed E-state index contributed by atoms with van der Waals surface area (Å²) in [6.07, 6.45) is 0.474. The van der Waals surface area contributed by atoms with Gasteiger partial charge in [-0.15, -0.1) is 0 Å². The summed E-state index contributed by atoms with van der Waals surface area (Å²) < 4.78 is 5.14. The minimum atomic E-state index is -0.657. The Kier molecular flexibility index (Phi) is 6.11. The molecule has 0 aliphatic heterocycles. The maximum Gasteiger partial charge on any atom is 0.232 e. The number of hydrogen-bond donors (Lipinski definition) is 1. The highest BCUT2D eigenvalue weighted by Gasteiger charge is 2.30. The van der Waals surface area contributed by atoms with E-state index in [2.05, 4.69) is 5.32 Å². The van der Waals surface area contributed by atoms with E-state index in [1.165, 1.54) is 0 Å². The van der Waals surface area contributed by atoms with Gasteiger partial charge in [0.25, 0.3) is 0 Å². The molecule has 0 aliphatic rings. The average Bonchev–Trinajstić information content (AvgIpc) is 2.59. The van der Waals surface area contributed by atoms with Gasteiger partial charge in [-0.1, -0.05) is 49.4 Å². The van der Waals surface area contributed by atoms with Crippen molar-refractivity contribution >= 4 is 0 Å². The number of hydrogen-bond acceptors (Lipinski definition) is 4. The van der Waals surface area contributed by atoms with E-state index in [4.69, 9.17) is 4.74 Å². The first-order valence-corrected chi connectivity index (χ1v) is 7.70. The Bertz CT molecular complexity index is 614. The molecule has 2 rings (SSSR count). The summed E-state index contributed by atoms with van der Waals surface area (Å²) in [6, 6.07) is 16.3. The molecule has 0 saturated carbocycles. The first kappa shape index (κ1) is 17.0. The normalized spacial score (nSPS) is 13.3. The van der Waals surface area contributed by atoms with E-state index in [1.807, 2.05) is 61.5 Å². The van der Waals surface area contributed by atoms with Gasteiger partial charge in [0.2, 0.25) is 6.04 Å². The topological polar surface area (TPSA) is 64.4 Å². The summed E-state index contributed by atoms with van der Waals surface area (Å²) in [7, 11) is 1.63. The molecule has 5 heteroatoms. The molecule has 2 atom stereocenters. The fourth-order valence-corrected chi connectivity index (χ4v) is 2.61. The molecule has 0 aliphatic carbocycles. The van der Waals surface area contributed by atoms with E-state index >= 15 is 0 Å². The van der Waals surface area contributed by atoms with Crippen LogP contribution in [0, 0.1) is 10.1 Å². The van der Waals surface area contributed by atoms with Gasteiger partial charge in [-0.25, -0.2) is 0 Å². The maximum atomic E-state index is 11.4. The van der Waals surface area contributed by atoms with Gasteiger partial charge in [-0.3, -0.25) is 10.1 Å². The number of benzene rings is 2. The summed E-state index contributed by atoms with van der Waals surface area (Å²) in [6.45, 7) is 2.41. The molecule has 0 radical (unpaired) electrons. The predicted molar refractivity (Wildman–Crippen MR) is 90.1 cm³/mol. The van der Waals surface area contributed by atoms with Crippen molar-refractivity contribution in [1.82, 2.24) is 5.32 Å². The molecule has 0 fully saturated rings. The lowest BCUT2D eigenvalue weighted by Crippen LogP contribution is -2.36. The van der Waals surface area contributed by atoms with Crippen LogP contribution in [-0.2, 0) is 6.54 Å². The second kappa shape index (κ2) is 8.29. The van der Waals surface area contributed by atoms with Crippen LogP contribution in [0.25, 0.3) is 0 Å². The summed E-state index contributed by atoms with van der Waals surface area (Å²) >= 11 is 0. The van der Waals surface area contributed by atoms with E-state index < -0.39 is 6.04 Å². The van der Waals surface area contributed by atoms with Crippen LogP contribution in [0.5, 0.6) is 5.75 Å². The first-order valence-electron chi connectivity index (χ1n) is 7.70. The highest BCUT2D eigenvalue weighted by Crippen LogP contribution is 2.22. The van der Waals surface area contributed by atoms with Gasteiger partial charge in [0.15, 0.2) is 0 Å². The lowest BCUT2D eigenvalue weighted by Gasteiger charge is -2.22. The van der Waals surface area contributed by atoms with Crippen molar-refractivity contribution in [2.24, 2.45) is 0 Å². The third kappa shape index (κ3) is 4.53. The van der Waals surface area contributed by atoms with Gasteiger partial charge in [-0.2, -0.15) is 0 Å².